The lowest BCUT2D eigenvalue weighted by atomic mass is 10.1. The van der Waals surface area contributed by atoms with Crippen molar-refractivity contribution in [3.63, 3.8) is 0 Å². The van der Waals surface area contributed by atoms with Crippen molar-refractivity contribution >= 4 is 5.91 Å². The van der Waals surface area contributed by atoms with Gasteiger partial charge in [0.15, 0.2) is 0 Å². The minimum atomic E-state index is -0.499. The van der Waals surface area contributed by atoms with Crippen LogP contribution in [-0.4, -0.2) is 5.91 Å². The molecule has 0 radical (unpaired) electrons. The standard InChI is InChI=1S/C16H17FN2O/c1-11-2-7-14(15(17)8-11)16(20)19-10-13-5-3-12(9-18)4-6-13/h2-8H,9-10,18H2,1H3,(H,19,20). The van der Waals surface area contributed by atoms with Crippen LogP contribution in [0.1, 0.15) is 27.0 Å². The molecular weight excluding hydrogens is 255 g/mol. The smallest absolute Gasteiger partial charge is 0.254 e. The zero-order chi connectivity index (χ0) is 14.5. The van der Waals surface area contributed by atoms with Crippen molar-refractivity contribution < 1.29 is 9.18 Å². The normalized spacial score (nSPS) is 10.3. The molecule has 1 amide bonds. The fourth-order valence-electron chi connectivity index (χ4n) is 1.88. The first-order valence-corrected chi connectivity index (χ1v) is 6.42. The number of nitrogens with two attached hydrogens (primary N) is 1. The molecule has 2 aromatic rings. The third-order valence-electron chi connectivity index (χ3n) is 3.08. The summed E-state index contributed by atoms with van der Waals surface area (Å²) in [5, 5.41) is 2.70. The zero-order valence-corrected chi connectivity index (χ0v) is 11.3. The molecule has 3 N–H and O–H groups in total. The number of amides is 1. The second-order valence-electron chi connectivity index (χ2n) is 4.69. The van der Waals surface area contributed by atoms with E-state index in [1.807, 2.05) is 24.3 Å². The monoisotopic (exact) mass is 272 g/mol. The molecule has 0 saturated carbocycles. The largest absolute Gasteiger partial charge is 0.348 e. The Kier molecular flexibility index (Phi) is 4.48. The predicted molar refractivity (Wildman–Crippen MR) is 76.6 cm³/mol. The third-order valence-corrected chi connectivity index (χ3v) is 3.08. The lowest BCUT2D eigenvalue weighted by Gasteiger charge is -2.07. The summed E-state index contributed by atoms with van der Waals surface area (Å²) < 4.78 is 13.7. The van der Waals surface area contributed by atoms with Gasteiger partial charge in [-0.05, 0) is 35.7 Å². The summed E-state index contributed by atoms with van der Waals surface area (Å²) in [5.41, 5.74) is 8.35. The summed E-state index contributed by atoms with van der Waals surface area (Å²) in [4.78, 5) is 11.9. The van der Waals surface area contributed by atoms with Gasteiger partial charge in [-0.1, -0.05) is 30.3 Å². The van der Waals surface area contributed by atoms with E-state index >= 15 is 0 Å². The molecule has 0 aliphatic carbocycles. The molecule has 2 aromatic carbocycles. The highest BCUT2D eigenvalue weighted by molar-refractivity contribution is 5.94. The van der Waals surface area contributed by atoms with Crippen LogP contribution in [0.25, 0.3) is 0 Å². The molecule has 3 nitrogen and oxygen atoms in total. The van der Waals surface area contributed by atoms with Gasteiger partial charge in [-0.25, -0.2) is 4.39 Å². The van der Waals surface area contributed by atoms with Crippen molar-refractivity contribution in [2.75, 3.05) is 0 Å². The van der Waals surface area contributed by atoms with Crippen molar-refractivity contribution in [2.45, 2.75) is 20.0 Å². The Morgan fingerprint density at radius 3 is 2.40 bits per heavy atom. The Bertz CT molecular complexity index is 608. The van der Waals surface area contributed by atoms with Gasteiger partial charge in [0.2, 0.25) is 0 Å². The van der Waals surface area contributed by atoms with Crippen molar-refractivity contribution in [3.8, 4) is 0 Å². The topological polar surface area (TPSA) is 55.1 Å². The molecule has 0 aromatic heterocycles. The van der Waals surface area contributed by atoms with Crippen molar-refractivity contribution in [1.29, 1.82) is 0 Å². The first-order chi connectivity index (χ1) is 9.60. The Morgan fingerprint density at radius 1 is 1.15 bits per heavy atom. The number of carbonyl (C=O) groups is 1. The van der Waals surface area contributed by atoms with Crippen LogP contribution < -0.4 is 11.1 Å². The lowest BCUT2D eigenvalue weighted by molar-refractivity contribution is 0.0947. The van der Waals surface area contributed by atoms with Crippen LogP contribution >= 0.6 is 0 Å². The number of nitrogens with one attached hydrogen (secondary N) is 1. The quantitative estimate of drug-likeness (QED) is 0.898. The number of hydrogen-bond acceptors (Lipinski definition) is 2. The molecule has 0 unspecified atom stereocenters. The molecule has 0 heterocycles. The third kappa shape index (κ3) is 3.42. The Hall–Kier alpha value is -2.20. The minimum absolute atomic E-state index is 0.0641. The zero-order valence-electron chi connectivity index (χ0n) is 11.3. The van der Waals surface area contributed by atoms with Crippen LogP contribution in [0.5, 0.6) is 0 Å². The molecule has 4 heteroatoms. The van der Waals surface area contributed by atoms with E-state index in [-0.39, 0.29) is 5.56 Å². The summed E-state index contributed by atoms with van der Waals surface area (Å²) in [6, 6.07) is 12.2. The van der Waals surface area contributed by atoms with E-state index in [0.29, 0.717) is 13.1 Å². The molecule has 0 aliphatic rings. The molecule has 0 bridgehead atoms. The SMILES string of the molecule is Cc1ccc(C(=O)NCc2ccc(CN)cc2)c(F)c1. The number of halogens is 1. The molecule has 2 rings (SSSR count). The van der Waals surface area contributed by atoms with Gasteiger partial charge in [-0.2, -0.15) is 0 Å². The van der Waals surface area contributed by atoms with Gasteiger partial charge >= 0.3 is 0 Å². The van der Waals surface area contributed by atoms with E-state index in [1.54, 1.807) is 13.0 Å². The van der Waals surface area contributed by atoms with E-state index in [1.165, 1.54) is 12.1 Å². The van der Waals surface area contributed by atoms with Gasteiger partial charge < -0.3 is 11.1 Å². The van der Waals surface area contributed by atoms with Gasteiger partial charge in [0.05, 0.1) is 5.56 Å². The van der Waals surface area contributed by atoms with E-state index in [0.717, 1.165) is 16.7 Å². The highest BCUT2D eigenvalue weighted by Crippen LogP contribution is 2.10. The van der Waals surface area contributed by atoms with Crippen LogP contribution in [0, 0.1) is 12.7 Å². The Labute approximate surface area is 117 Å². The fourth-order valence-corrected chi connectivity index (χ4v) is 1.88. The van der Waals surface area contributed by atoms with Crippen LogP contribution in [0.2, 0.25) is 0 Å². The number of aryl methyl sites for hydroxylation is 1. The number of carbonyl (C=O) groups excluding carboxylic acids is 1. The molecule has 20 heavy (non-hydrogen) atoms. The minimum Gasteiger partial charge on any atom is -0.348 e. The maximum Gasteiger partial charge on any atom is 0.254 e. The van der Waals surface area contributed by atoms with Gasteiger partial charge in [0.1, 0.15) is 5.82 Å². The molecular formula is C16H17FN2O. The van der Waals surface area contributed by atoms with Crippen LogP contribution in [-0.2, 0) is 13.1 Å². The van der Waals surface area contributed by atoms with Gasteiger partial charge in [-0.15, -0.1) is 0 Å². The van der Waals surface area contributed by atoms with Crippen LogP contribution in [0.3, 0.4) is 0 Å². The summed E-state index contributed by atoms with van der Waals surface area (Å²) in [7, 11) is 0. The molecule has 0 fully saturated rings. The van der Waals surface area contributed by atoms with Crippen LogP contribution in [0.4, 0.5) is 4.39 Å². The molecule has 0 saturated heterocycles. The van der Waals surface area contributed by atoms with Gasteiger partial charge in [0.25, 0.3) is 5.91 Å². The van der Waals surface area contributed by atoms with Crippen molar-refractivity contribution in [3.05, 3.63) is 70.5 Å². The lowest BCUT2D eigenvalue weighted by Crippen LogP contribution is -2.23. The highest BCUT2D eigenvalue weighted by Gasteiger charge is 2.11. The Balaban J connectivity index is 2.00. The second-order valence-corrected chi connectivity index (χ2v) is 4.69. The van der Waals surface area contributed by atoms with Gasteiger partial charge in [-0.3, -0.25) is 4.79 Å². The maximum absolute atomic E-state index is 13.7. The molecule has 0 atom stereocenters. The van der Waals surface area contributed by atoms with Crippen LogP contribution in [0.15, 0.2) is 42.5 Å². The second kappa shape index (κ2) is 6.30. The Morgan fingerprint density at radius 2 is 1.80 bits per heavy atom. The van der Waals surface area contributed by atoms with E-state index in [4.69, 9.17) is 5.73 Å². The molecule has 0 aliphatic heterocycles. The molecule has 0 spiro atoms. The van der Waals surface area contributed by atoms with Crippen molar-refractivity contribution in [1.82, 2.24) is 5.32 Å². The van der Waals surface area contributed by atoms with E-state index in [2.05, 4.69) is 5.32 Å². The first kappa shape index (κ1) is 14.2. The van der Waals surface area contributed by atoms with Gasteiger partial charge in [0, 0.05) is 13.1 Å². The average Bonchev–Trinajstić information content (AvgIpc) is 2.45. The maximum atomic E-state index is 13.7. The summed E-state index contributed by atoms with van der Waals surface area (Å²) >= 11 is 0. The number of benzene rings is 2. The van der Waals surface area contributed by atoms with E-state index < -0.39 is 11.7 Å². The molecule has 104 valence electrons. The first-order valence-electron chi connectivity index (χ1n) is 6.42. The highest BCUT2D eigenvalue weighted by atomic mass is 19.1. The summed E-state index contributed by atoms with van der Waals surface area (Å²) in [6.07, 6.45) is 0. The number of hydrogen-bond donors (Lipinski definition) is 2. The predicted octanol–water partition coefficient (Wildman–Crippen LogP) is 2.52. The summed E-state index contributed by atoms with van der Waals surface area (Å²) in [6.45, 7) is 2.63. The van der Waals surface area contributed by atoms with E-state index in [9.17, 15) is 9.18 Å². The number of rotatable bonds is 4. The fraction of sp³-hybridized carbons (Fsp3) is 0.188. The summed E-state index contributed by atoms with van der Waals surface area (Å²) in [5.74, 6) is -0.911. The van der Waals surface area contributed by atoms with Crippen molar-refractivity contribution in [2.24, 2.45) is 5.73 Å². The average molecular weight is 272 g/mol.